The van der Waals surface area contributed by atoms with Crippen molar-refractivity contribution >= 4 is 47.3 Å². The second kappa shape index (κ2) is 9.05. The van der Waals surface area contributed by atoms with Crippen molar-refractivity contribution in [3.8, 4) is 0 Å². The largest absolute Gasteiger partial charge is 0.327 e. The van der Waals surface area contributed by atoms with Gasteiger partial charge in [0, 0.05) is 35.2 Å². The van der Waals surface area contributed by atoms with Gasteiger partial charge in [0.15, 0.2) is 0 Å². The number of nitrogens with two attached hydrogens (primary N) is 1. The summed E-state index contributed by atoms with van der Waals surface area (Å²) < 4.78 is 0. The van der Waals surface area contributed by atoms with Gasteiger partial charge in [-0.15, -0.1) is 24.8 Å². The summed E-state index contributed by atoms with van der Waals surface area (Å²) in [4.78, 5) is 7.04. The Morgan fingerprint density at radius 2 is 2.09 bits per heavy atom. The highest BCUT2D eigenvalue weighted by atomic mass is 35.5. The summed E-state index contributed by atoms with van der Waals surface area (Å²) in [5, 5.41) is 1.80. The van der Waals surface area contributed by atoms with Gasteiger partial charge >= 0.3 is 0 Å². The molecule has 1 aliphatic heterocycles. The molecule has 0 aliphatic carbocycles. The molecule has 128 valence electrons. The van der Waals surface area contributed by atoms with Crippen molar-refractivity contribution in [3.05, 3.63) is 41.0 Å². The molecule has 1 fully saturated rings. The Hall–Kier alpha value is -0.580. The first-order chi connectivity index (χ1) is 10.2. The molecule has 1 saturated heterocycles. The van der Waals surface area contributed by atoms with Crippen LogP contribution >= 0.6 is 36.4 Å². The molecule has 3 rings (SSSR count). The molecule has 1 aliphatic rings. The molecule has 0 saturated carbocycles. The fourth-order valence-corrected chi connectivity index (χ4v) is 3.57. The predicted octanol–water partition coefficient (Wildman–Crippen LogP) is 4.43. The second-order valence-corrected chi connectivity index (χ2v) is 6.41. The predicted molar refractivity (Wildman–Crippen MR) is 103 cm³/mol. The summed E-state index contributed by atoms with van der Waals surface area (Å²) >= 11 is 6.28. The quantitative estimate of drug-likeness (QED) is 0.861. The van der Waals surface area contributed by atoms with Crippen LogP contribution in [0.1, 0.15) is 31.7 Å². The second-order valence-electron chi connectivity index (χ2n) is 6.00. The van der Waals surface area contributed by atoms with Crippen molar-refractivity contribution in [2.24, 2.45) is 5.73 Å². The van der Waals surface area contributed by atoms with E-state index in [1.807, 2.05) is 24.4 Å². The molecule has 0 amide bonds. The highest BCUT2D eigenvalue weighted by molar-refractivity contribution is 6.35. The standard InChI is InChI=1S/C17H22ClN3.2ClH/c1-12(19)16-6-2-3-10-21(16)11-13-7-8-15(18)14-5-4-9-20-17(13)14;;/h4-5,7-9,12,16H,2-3,6,10-11,19H2,1H3;2*1H. The van der Waals surface area contributed by atoms with Crippen LogP contribution in [0.2, 0.25) is 5.02 Å². The lowest BCUT2D eigenvalue weighted by atomic mass is 9.96. The molecule has 1 aromatic carbocycles. The molecule has 0 spiro atoms. The molecule has 2 heterocycles. The third-order valence-corrected chi connectivity index (χ3v) is 4.77. The number of hydrogen-bond acceptors (Lipinski definition) is 3. The number of fused-ring (bicyclic) bond motifs is 1. The Morgan fingerprint density at radius 1 is 1.30 bits per heavy atom. The maximum Gasteiger partial charge on any atom is 0.0761 e. The van der Waals surface area contributed by atoms with Crippen LogP contribution in [0.15, 0.2) is 30.5 Å². The number of likely N-dealkylation sites (tertiary alicyclic amines) is 1. The fraction of sp³-hybridized carbons (Fsp3) is 0.471. The average molecular weight is 377 g/mol. The SMILES string of the molecule is CC(N)C1CCCCN1Cc1ccc(Cl)c2cccnc12.Cl.Cl. The minimum atomic E-state index is 0. The molecule has 2 aromatic rings. The van der Waals surface area contributed by atoms with E-state index < -0.39 is 0 Å². The van der Waals surface area contributed by atoms with Crippen molar-refractivity contribution in [2.45, 2.75) is 44.8 Å². The first-order valence-electron chi connectivity index (χ1n) is 7.68. The fourth-order valence-electron chi connectivity index (χ4n) is 3.35. The van der Waals surface area contributed by atoms with Gasteiger partial charge in [-0.3, -0.25) is 9.88 Å². The van der Waals surface area contributed by atoms with Crippen molar-refractivity contribution in [1.82, 2.24) is 9.88 Å². The lowest BCUT2D eigenvalue weighted by Crippen LogP contribution is -2.48. The molecule has 6 heteroatoms. The van der Waals surface area contributed by atoms with Crippen LogP contribution < -0.4 is 5.73 Å². The van der Waals surface area contributed by atoms with Crippen LogP contribution in [0.25, 0.3) is 10.9 Å². The number of halogens is 3. The topological polar surface area (TPSA) is 42.1 Å². The number of hydrogen-bond donors (Lipinski definition) is 1. The molecule has 0 bridgehead atoms. The lowest BCUT2D eigenvalue weighted by Gasteiger charge is -2.38. The van der Waals surface area contributed by atoms with E-state index in [9.17, 15) is 0 Å². The van der Waals surface area contributed by atoms with Crippen molar-refractivity contribution in [1.29, 1.82) is 0 Å². The highest BCUT2D eigenvalue weighted by Crippen LogP contribution is 2.28. The van der Waals surface area contributed by atoms with Gasteiger partial charge < -0.3 is 5.73 Å². The molecular weight excluding hydrogens is 353 g/mol. The van der Waals surface area contributed by atoms with Crippen LogP contribution in [0.4, 0.5) is 0 Å². The van der Waals surface area contributed by atoms with E-state index in [2.05, 4.69) is 22.9 Å². The minimum absolute atomic E-state index is 0. The smallest absolute Gasteiger partial charge is 0.0761 e. The van der Waals surface area contributed by atoms with E-state index in [1.54, 1.807) is 0 Å². The van der Waals surface area contributed by atoms with E-state index in [0.717, 1.165) is 29.0 Å². The molecule has 3 nitrogen and oxygen atoms in total. The molecule has 2 N–H and O–H groups in total. The van der Waals surface area contributed by atoms with E-state index in [0.29, 0.717) is 6.04 Å². The van der Waals surface area contributed by atoms with E-state index in [4.69, 9.17) is 17.3 Å². The Balaban J connectivity index is 0.00000132. The summed E-state index contributed by atoms with van der Waals surface area (Å²) in [5.41, 5.74) is 8.42. The van der Waals surface area contributed by atoms with Gasteiger partial charge in [-0.05, 0) is 50.1 Å². The van der Waals surface area contributed by atoms with Gasteiger partial charge in [0.25, 0.3) is 0 Å². The van der Waals surface area contributed by atoms with E-state index >= 15 is 0 Å². The third-order valence-electron chi connectivity index (χ3n) is 4.44. The van der Waals surface area contributed by atoms with Crippen molar-refractivity contribution in [3.63, 3.8) is 0 Å². The average Bonchev–Trinajstić information content (AvgIpc) is 2.51. The van der Waals surface area contributed by atoms with Gasteiger partial charge in [-0.25, -0.2) is 0 Å². The molecular formula is C17H24Cl3N3. The van der Waals surface area contributed by atoms with Crippen LogP contribution in [0, 0.1) is 0 Å². The van der Waals surface area contributed by atoms with Crippen LogP contribution in [-0.2, 0) is 6.54 Å². The number of benzene rings is 1. The van der Waals surface area contributed by atoms with Gasteiger partial charge in [0.1, 0.15) is 0 Å². The monoisotopic (exact) mass is 375 g/mol. The van der Waals surface area contributed by atoms with Gasteiger partial charge in [-0.2, -0.15) is 0 Å². The van der Waals surface area contributed by atoms with E-state index in [1.165, 1.54) is 24.8 Å². The van der Waals surface area contributed by atoms with Crippen molar-refractivity contribution < 1.29 is 0 Å². The zero-order valence-electron chi connectivity index (χ0n) is 13.2. The third kappa shape index (κ3) is 4.49. The molecule has 2 atom stereocenters. The Labute approximate surface area is 155 Å². The summed E-state index contributed by atoms with van der Waals surface area (Å²) in [5.74, 6) is 0. The van der Waals surface area contributed by atoms with Crippen LogP contribution in [0.3, 0.4) is 0 Å². The van der Waals surface area contributed by atoms with Crippen LogP contribution in [0.5, 0.6) is 0 Å². The maximum absolute atomic E-state index is 6.28. The number of pyridine rings is 1. The Morgan fingerprint density at radius 3 is 2.83 bits per heavy atom. The molecule has 23 heavy (non-hydrogen) atoms. The Kier molecular flexibility index (Phi) is 8.05. The number of piperidine rings is 1. The lowest BCUT2D eigenvalue weighted by molar-refractivity contribution is 0.123. The Bertz CT molecular complexity index is 634. The number of rotatable bonds is 3. The minimum Gasteiger partial charge on any atom is -0.327 e. The maximum atomic E-state index is 6.28. The van der Waals surface area contributed by atoms with Crippen LogP contribution in [-0.4, -0.2) is 28.5 Å². The zero-order chi connectivity index (χ0) is 14.8. The number of nitrogens with zero attached hydrogens (tertiary/aromatic N) is 2. The first kappa shape index (κ1) is 20.5. The summed E-state index contributed by atoms with van der Waals surface area (Å²) in [7, 11) is 0. The normalized spacial score (nSPS) is 19.7. The van der Waals surface area contributed by atoms with Gasteiger partial charge in [-0.1, -0.05) is 24.1 Å². The van der Waals surface area contributed by atoms with Crippen molar-refractivity contribution in [2.75, 3.05) is 6.54 Å². The number of aromatic nitrogens is 1. The molecule has 0 radical (unpaired) electrons. The van der Waals surface area contributed by atoms with Gasteiger partial charge in [0.2, 0.25) is 0 Å². The highest BCUT2D eigenvalue weighted by Gasteiger charge is 2.25. The zero-order valence-corrected chi connectivity index (χ0v) is 15.6. The molecule has 1 aromatic heterocycles. The van der Waals surface area contributed by atoms with Gasteiger partial charge in [0.05, 0.1) is 5.52 Å². The first-order valence-corrected chi connectivity index (χ1v) is 8.06. The van der Waals surface area contributed by atoms with E-state index in [-0.39, 0.29) is 30.9 Å². The summed E-state index contributed by atoms with van der Waals surface area (Å²) in [6.45, 7) is 4.13. The molecule has 2 unspecified atom stereocenters. The summed E-state index contributed by atoms with van der Waals surface area (Å²) in [6, 6.07) is 8.72. The summed E-state index contributed by atoms with van der Waals surface area (Å²) in [6.07, 6.45) is 5.56.